The quantitative estimate of drug-likeness (QED) is 0.618. The molecule has 1 unspecified atom stereocenters. The van der Waals surface area contributed by atoms with Crippen molar-refractivity contribution in [3.8, 4) is 5.75 Å². The largest absolute Gasteiger partial charge is 0.494 e. The van der Waals surface area contributed by atoms with Crippen molar-refractivity contribution < 1.29 is 19.1 Å². The second kappa shape index (κ2) is 11.1. The smallest absolute Gasteiger partial charge is 0.243 e. The first-order chi connectivity index (χ1) is 15.0. The number of hydrogen-bond donors (Lipinski definition) is 2. The molecule has 2 heterocycles. The van der Waals surface area contributed by atoms with E-state index in [-0.39, 0.29) is 30.7 Å². The van der Waals surface area contributed by atoms with E-state index in [1.807, 2.05) is 6.92 Å². The van der Waals surface area contributed by atoms with Gasteiger partial charge in [-0.3, -0.25) is 19.3 Å². The van der Waals surface area contributed by atoms with Gasteiger partial charge in [-0.05, 0) is 37.7 Å². The lowest BCUT2D eigenvalue weighted by Gasteiger charge is -2.38. The molecular formula is C22H33N5O4. The number of piperazine rings is 2. The number of benzene rings is 1. The van der Waals surface area contributed by atoms with E-state index >= 15 is 0 Å². The summed E-state index contributed by atoms with van der Waals surface area (Å²) in [6.45, 7) is 10.3. The summed E-state index contributed by atoms with van der Waals surface area (Å²) < 4.78 is 5.40. The van der Waals surface area contributed by atoms with E-state index < -0.39 is 6.04 Å². The highest BCUT2D eigenvalue weighted by Gasteiger charge is 2.35. The van der Waals surface area contributed by atoms with Crippen molar-refractivity contribution in [2.75, 3.05) is 64.3 Å². The van der Waals surface area contributed by atoms with Crippen LogP contribution in [0.5, 0.6) is 5.75 Å². The van der Waals surface area contributed by atoms with E-state index in [0.29, 0.717) is 25.4 Å². The summed E-state index contributed by atoms with van der Waals surface area (Å²) >= 11 is 0. The number of anilines is 1. The van der Waals surface area contributed by atoms with E-state index in [0.717, 1.165) is 38.5 Å². The minimum atomic E-state index is -0.791. The Morgan fingerprint density at radius 2 is 1.74 bits per heavy atom. The van der Waals surface area contributed by atoms with Crippen LogP contribution in [-0.4, -0.2) is 97.4 Å². The van der Waals surface area contributed by atoms with Gasteiger partial charge < -0.3 is 25.2 Å². The van der Waals surface area contributed by atoms with Gasteiger partial charge in [0, 0.05) is 45.0 Å². The molecule has 0 radical (unpaired) electrons. The van der Waals surface area contributed by atoms with Crippen LogP contribution in [-0.2, 0) is 14.4 Å². The van der Waals surface area contributed by atoms with Crippen LogP contribution in [0, 0.1) is 0 Å². The normalized spacial score (nSPS) is 20.3. The first kappa shape index (κ1) is 23.0. The third-order valence-corrected chi connectivity index (χ3v) is 5.75. The van der Waals surface area contributed by atoms with Gasteiger partial charge in [0.25, 0.3) is 0 Å². The van der Waals surface area contributed by atoms with Gasteiger partial charge in [-0.25, -0.2) is 0 Å². The molecule has 0 aliphatic carbocycles. The number of likely N-dealkylation sites (N-methyl/N-ethyl adjacent to an activating group) is 1. The van der Waals surface area contributed by atoms with Crippen molar-refractivity contribution >= 4 is 23.4 Å². The molecule has 2 saturated heterocycles. The average Bonchev–Trinajstić information content (AvgIpc) is 2.77. The zero-order valence-electron chi connectivity index (χ0n) is 18.4. The number of rotatable bonds is 8. The highest BCUT2D eigenvalue weighted by Crippen LogP contribution is 2.17. The lowest BCUT2D eigenvalue weighted by molar-refractivity contribution is -0.145. The van der Waals surface area contributed by atoms with Crippen molar-refractivity contribution in [1.82, 2.24) is 20.0 Å². The number of ether oxygens (including phenoxy) is 1. The Bertz CT molecular complexity index is 762. The van der Waals surface area contributed by atoms with Gasteiger partial charge in [0.15, 0.2) is 0 Å². The molecule has 2 aliphatic heterocycles. The van der Waals surface area contributed by atoms with Gasteiger partial charge in [0.2, 0.25) is 17.7 Å². The van der Waals surface area contributed by atoms with Gasteiger partial charge in [-0.15, -0.1) is 0 Å². The number of carbonyl (C=O) groups is 3. The highest BCUT2D eigenvalue weighted by molar-refractivity contribution is 5.97. The zero-order valence-corrected chi connectivity index (χ0v) is 18.4. The fourth-order valence-electron chi connectivity index (χ4n) is 3.95. The summed E-state index contributed by atoms with van der Waals surface area (Å²) in [4.78, 5) is 44.0. The SMILES string of the molecule is CCOc1ccc(NC(=O)CC2C(=O)NCCN2C(=O)CN2CCN(CC)CC2)cc1. The highest BCUT2D eigenvalue weighted by atomic mass is 16.5. The second-order valence-corrected chi connectivity index (χ2v) is 7.81. The molecule has 1 atom stereocenters. The number of carbonyl (C=O) groups excluding carboxylic acids is 3. The molecule has 0 bridgehead atoms. The average molecular weight is 432 g/mol. The Balaban J connectivity index is 1.56. The van der Waals surface area contributed by atoms with Gasteiger partial charge >= 0.3 is 0 Å². The van der Waals surface area contributed by atoms with Gasteiger partial charge in [-0.1, -0.05) is 6.92 Å². The first-order valence-corrected chi connectivity index (χ1v) is 11.0. The first-order valence-electron chi connectivity index (χ1n) is 11.0. The molecule has 1 aromatic rings. The van der Waals surface area contributed by atoms with Gasteiger partial charge in [0.1, 0.15) is 11.8 Å². The summed E-state index contributed by atoms with van der Waals surface area (Å²) in [5, 5.41) is 5.58. The molecule has 2 aliphatic rings. The Morgan fingerprint density at radius 1 is 1.06 bits per heavy atom. The molecule has 0 saturated carbocycles. The number of amides is 3. The van der Waals surface area contributed by atoms with E-state index in [2.05, 4.69) is 27.4 Å². The summed E-state index contributed by atoms with van der Waals surface area (Å²) in [6.07, 6.45) is -0.0750. The van der Waals surface area contributed by atoms with Crippen molar-refractivity contribution in [2.24, 2.45) is 0 Å². The van der Waals surface area contributed by atoms with E-state index in [4.69, 9.17) is 4.74 Å². The summed E-state index contributed by atoms with van der Waals surface area (Å²) in [7, 11) is 0. The minimum Gasteiger partial charge on any atom is -0.494 e. The molecule has 3 amide bonds. The lowest BCUT2D eigenvalue weighted by Crippen LogP contribution is -2.60. The zero-order chi connectivity index (χ0) is 22.2. The maximum Gasteiger partial charge on any atom is 0.243 e. The minimum absolute atomic E-state index is 0.0750. The Morgan fingerprint density at radius 3 is 2.39 bits per heavy atom. The van der Waals surface area contributed by atoms with Crippen molar-refractivity contribution in [2.45, 2.75) is 26.3 Å². The Kier molecular flexibility index (Phi) is 8.25. The maximum atomic E-state index is 13.0. The van der Waals surface area contributed by atoms with Crippen LogP contribution in [0.4, 0.5) is 5.69 Å². The monoisotopic (exact) mass is 431 g/mol. The Hall–Kier alpha value is -2.65. The Labute approximate surface area is 183 Å². The molecule has 0 spiro atoms. The maximum absolute atomic E-state index is 13.0. The van der Waals surface area contributed by atoms with Crippen LogP contribution in [0.2, 0.25) is 0 Å². The van der Waals surface area contributed by atoms with Crippen molar-refractivity contribution in [1.29, 1.82) is 0 Å². The van der Waals surface area contributed by atoms with Gasteiger partial charge in [-0.2, -0.15) is 0 Å². The fraction of sp³-hybridized carbons (Fsp3) is 0.591. The van der Waals surface area contributed by atoms with E-state index in [1.165, 1.54) is 0 Å². The summed E-state index contributed by atoms with van der Waals surface area (Å²) in [5.41, 5.74) is 0.622. The molecule has 2 N–H and O–H groups in total. The van der Waals surface area contributed by atoms with Crippen LogP contribution >= 0.6 is 0 Å². The predicted octanol–water partition coefficient (Wildman–Crippen LogP) is 0.378. The van der Waals surface area contributed by atoms with E-state index in [1.54, 1.807) is 29.2 Å². The van der Waals surface area contributed by atoms with Crippen LogP contribution in [0.15, 0.2) is 24.3 Å². The lowest BCUT2D eigenvalue weighted by atomic mass is 10.1. The molecule has 9 nitrogen and oxygen atoms in total. The number of nitrogens with one attached hydrogen (secondary N) is 2. The molecule has 31 heavy (non-hydrogen) atoms. The van der Waals surface area contributed by atoms with Crippen LogP contribution in [0.25, 0.3) is 0 Å². The third kappa shape index (κ3) is 6.41. The van der Waals surface area contributed by atoms with Crippen LogP contribution in [0.1, 0.15) is 20.3 Å². The number of nitrogens with zero attached hydrogens (tertiary/aromatic N) is 3. The number of hydrogen-bond acceptors (Lipinski definition) is 6. The molecule has 9 heteroatoms. The molecule has 3 rings (SSSR count). The molecule has 170 valence electrons. The molecule has 1 aromatic carbocycles. The van der Waals surface area contributed by atoms with E-state index in [9.17, 15) is 14.4 Å². The molecule has 0 aromatic heterocycles. The van der Waals surface area contributed by atoms with Crippen molar-refractivity contribution in [3.63, 3.8) is 0 Å². The third-order valence-electron chi connectivity index (χ3n) is 5.75. The van der Waals surface area contributed by atoms with Crippen LogP contribution in [0.3, 0.4) is 0 Å². The molecule has 2 fully saturated rings. The fourth-order valence-corrected chi connectivity index (χ4v) is 3.95. The topological polar surface area (TPSA) is 94.2 Å². The van der Waals surface area contributed by atoms with Crippen molar-refractivity contribution in [3.05, 3.63) is 24.3 Å². The summed E-state index contributed by atoms with van der Waals surface area (Å²) in [6, 6.07) is 6.27. The second-order valence-electron chi connectivity index (χ2n) is 7.81. The predicted molar refractivity (Wildman–Crippen MR) is 118 cm³/mol. The summed E-state index contributed by atoms with van der Waals surface area (Å²) in [5.74, 6) is 0.0418. The molecular weight excluding hydrogens is 398 g/mol. The van der Waals surface area contributed by atoms with Gasteiger partial charge in [0.05, 0.1) is 19.6 Å². The standard InChI is InChI=1S/C22H33N5O4/c1-3-25-11-13-26(14-12-25)16-21(29)27-10-9-23-22(30)19(27)15-20(28)24-17-5-7-18(8-6-17)31-4-2/h5-8,19H,3-4,9-16H2,1-2H3,(H,23,30)(H,24,28). The van der Waals surface area contributed by atoms with Crippen LogP contribution < -0.4 is 15.4 Å².